The largest absolute Gasteiger partial charge is 0.369 e. The summed E-state index contributed by atoms with van der Waals surface area (Å²) >= 11 is 11.9. The Kier molecular flexibility index (Phi) is 5.29. The minimum atomic E-state index is -0.246. The molecule has 0 radical (unpaired) electrons. The highest BCUT2D eigenvalue weighted by Crippen LogP contribution is 2.23. The second-order valence-corrected chi connectivity index (χ2v) is 6.76. The summed E-state index contributed by atoms with van der Waals surface area (Å²) in [4.78, 5) is 17.0. The number of likely N-dealkylation sites (N-methyl/N-ethyl adjacent to an activating group) is 1. The molecular weight excluding hydrogens is 345 g/mol. The van der Waals surface area contributed by atoms with Gasteiger partial charge in [-0.2, -0.15) is 0 Å². The van der Waals surface area contributed by atoms with Gasteiger partial charge in [0.05, 0.1) is 10.6 Å². The number of rotatable bonds is 3. The van der Waals surface area contributed by atoms with Crippen molar-refractivity contribution in [1.29, 1.82) is 0 Å². The highest BCUT2D eigenvalue weighted by molar-refractivity contribution is 6.37. The molecule has 0 saturated carbocycles. The van der Waals surface area contributed by atoms with E-state index in [0.717, 1.165) is 31.9 Å². The topological polar surface area (TPSA) is 35.6 Å². The first-order valence-electron chi connectivity index (χ1n) is 7.83. The molecule has 0 bridgehead atoms. The maximum Gasteiger partial charge on any atom is 0.257 e. The van der Waals surface area contributed by atoms with Crippen molar-refractivity contribution < 1.29 is 4.79 Å². The molecule has 3 rings (SSSR count). The first-order valence-corrected chi connectivity index (χ1v) is 8.58. The van der Waals surface area contributed by atoms with E-state index in [2.05, 4.69) is 22.2 Å². The number of hydrogen-bond donors (Lipinski definition) is 1. The molecule has 0 atom stereocenters. The van der Waals surface area contributed by atoms with Crippen LogP contribution in [0.25, 0.3) is 0 Å². The Morgan fingerprint density at radius 2 is 1.67 bits per heavy atom. The van der Waals surface area contributed by atoms with Crippen LogP contribution in [0.1, 0.15) is 10.4 Å². The normalized spacial score (nSPS) is 15.4. The quantitative estimate of drug-likeness (QED) is 0.894. The zero-order valence-electron chi connectivity index (χ0n) is 13.4. The van der Waals surface area contributed by atoms with E-state index in [1.165, 1.54) is 5.69 Å². The van der Waals surface area contributed by atoms with Crippen LogP contribution in [0.4, 0.5) is 11.4 Å². The second kappa shape index (κ2) is 7.43. The Hall–Kier alpha value is -1.75. The molecule has 1 fully saturated rings. The van der Waals surface area contributed by atoms with Crippen molar-refractivity contribution in [3.8, 4) is 0 Å². The van der Waals surface area contributed by atoms with Crippen molar-refractivity contribution in [1.82, 2.24) is 4.90 Å². The molecule has 2 aromatic carbocycles. The maximum atomic E-state index is 12.3. The van der Waals surface area contributed by atoms with Crippen molar-refractivity contribution in [2.45, 2.75) is 0 Å². The van der Waals surface area contributed by atoms with Gasteiger partial charge in [-0.3, -0.25) is 4.79 Å². The van der Waals surface area contributed by atoms with Crippen LogP contribution in [0.15, 0.2) is 42.5 Å². The predicted octanol–water partition coefficient (Wildman–Crippen LogP) is 4.00. The fraction of sp³-hybridized carbons (Fsp3) is 0.278. The van der Waals surface area contributed by atoms with E-state index in [1.807, 2.05) is 24.3 Å². The van der Waals surface area contributed by atoms with Crippen molar-refractivity contribution in [2.75, 3.05) is 43.4 Å². The van der Waals surface area contributed by atoms with Gasteiger partial charge in [-0.25, -0.2) is 0 Å². The summed E-state index contributed by atoms with van der Waals surface area (Å²) in [5.41, 5.74) is 2.32. The van der Waals surface area contributed by atoms with E-state index in [4.69, 9.17) is 23.2 Å². The van der Waals surface area contributed by atoms with Crippen LogP contribution < -0.4 is 10.2 Å². The zero-order valence-corrected chi connectivity index (χ0v) is 14.9. The van der Waals surface area contributed by atoms with Gasteiger partial charge in [0.15, 0.2) is 0 Å². The first kappa shape index (κ1) is 17.1. The highest BCUT2D eigenvalue weighted by Gasteiger charge is 2.15. The molecule has 1 N–H and O–H groups in total. The van der Waals surface area contributed by atoms with Crippen LogP contribution in [0.2, 0.25) is 10.0 Å². The van der Waals surface area contributed by atoms with E-state index in [0.29, 0.717) is 15.6 Å². The number of anilines is 2. The molecule has 1 aliphatic heterocycles. The lowest BCUT2D eigenvalue weighted by Crippen LogP contribution is -2.44. The molecule has 0 spiro atoms. The van der Waals surface area contributed by atoms with Gasteiger partial charge in [0.25, 0.3) is 5.91 Å². The van der Waals surface area contributed by atoms with Crippen LogP contribution >= 0.6 is 23.2 Å². The van der Waals surface area contributed by atoms with Gasteiger partial charge < -0.3 is 15.1 Å². The summed E-state index contributed by atoms with van der Waals surface area (Å²) in [6.45, 7) is 4.16. The lowest BCUT2D eigenvalue weighted by atomic mass is 10.2. The van der Waals surface area contributed by atoms with E-state index in [1.54, 1.807) is 18.2 Å². The van der Waals surface area contributed by atoms with Gasteiger partial charge in [-0.15, -0.1) is 0 Å². The van der Waals surface area contributed by atoms with Crippen LogP contribution in [0, 0.1) is 0 Å². The molecule has 126 valence electrons. The number of halogens is 2. The average Bonchev–Trinajstić information content (AvgIpc) is 2.56. The lowest BCUT2D eigenvalue weighted by molar-refractivity contribution is 0.102. The minimum absolute atomic E-state index is 0.246. The molecule has 0 unspecified atom stereocenters. The van der Waals surface area contributed by atoms with Crippen molar-refractivity contribution >= 4 is 40.5 Å². The molecular formula is C18H19Cl2N3O. The SMILES string of the molecule is CN1CCN(c2ccc(NC(=O)c3ccc(Cl)cc3Cl)cc2)CC1. The van der Waals surface area contributed by atoms with Gasteiger partial charge in [-0.05, 0) is 49.5 Å². The fourth-order valence-corrected chi connectivity index (χ4v) is 3.19. The van der Waals surface area contributed by atoms with E-state index < -0.39 is 0 Å². The number of amides is 1. The lowest BCUT2D eigenvalue weighted by Gasteiger charge is -2.34. The fourth-order valence-electron chi connectivity index (χ4n) is 2.69. The van der Waals surface area contributed by atoms with Gasteiger partial charge in [0.1, 0.15) is 0 Å². The summed E-state index contributed by atoms with van der Waals surface area (Å²) in [5.74, 6) is -0.246. The number of nitrogens with one attached hydrogen (secondary N) is 1. The van der Waals surface area contributed by atoms with Gasteiger partial charge in [-0.1, -0.05) is 23.2 Å². The van der Waals surface area contributed by atoms with Crippen LogP contribution in [0.3, 0.4) is 0 Å². The Bertz CT molecular complexity index is 726. The number of piperazine rings is 1. The molecule has 4 nitrogen and oxygen atoms in total. The van der Waals surface area contributed by atoms with Gasteiger partial charge in [0, 0.05) is 42.6 Å². The zero-order chi connectivity index (χ0) is 17.1. The predicted molar refractivity (Wildman–Crippen MR) is 101 cm³/mol. The molecule has 1 heterocycles. The van der Waals surface area contributed by atoms with Gasteiger partial charge in [0.2, 0.25) is 0 Å². The van der Waals surface area contributed by atoms with Crippen LogP contribution in [-0.2, 0) is 0 Å². The van der Waals surface area contributed by atoms with Crippen molar-refractivity contribution in [2.24, 2.45) is 0 Å². The minimum Gasteiger partial charge on any atom is -0.369 e. The molecule has 1 aliphatic rings. The summed E-state index contributed by atoms with van der Waals surface area (Å²) in [5, 5.41) is 3.71. The Morgan fingerprint density at radius 1 is 1.00 bits per heavy atom. The van der Waals surface area contributed by atoms with E-state index in [9.17, 15) is 4.79 Å². The third-order valence-electron chi connectivity index (χ3n) is 4.17. The van der Waals surface area contributed by atoms with Crippen molar-refractivity contribution in [3.63, 3.8) is 0 Å². The number of carbonyl (C=O) groups is 1. The third-order valence-corrected chi connectivity index (χ3v) is 4.72. The maximum absolute atomic E-state index is 12.3. The average molecular weight is 364 g/mol. The number of nitrogens with zero attached hydrogens (tertiary/aromatic N) is 2. The van der Waals surface area contributed by atoms with Crippen LogP contribution in [0.5, 0.6) is 0 Å². The molecule has 0 aliphatic carbocycles. The van der Waals surface area contributed by atoms with E-state index in [-0.39, 0.29) is 5.91 Å². The summed E-state index contributed by atoms with van der Waals surface area (Å²) in [6, 6.07) is 12.7. The number of benzene rings is 2. The first-order chi connectivity index (χ1) is 11.5. The van der Waals surface area contributed by atoms with Crippen molar-refractivity contribution in [3.05, 3.63) is 58.1 Å². The molecule has 0 aromatic heterocycles. The summed E-state index contributed by atoms with van der Waals surface area (Å²) in [6.07, 6.45) is 0. The third kappa shape index (κ3) is 4.01. The number of carbonyl (C=O) groups excluding carboxylic acids is 1. The Labute approximate surface area is 152 Å². The molecule has 1 amide bonds. The summed E-state index contributed by atoms with van der Waals surface area (Å²) < 4.78 is 0. The number of hydrogen-bond acceptors (Lipinski definition) is 3. The smallest absolute Gasteiger partial charge is 0.257 e. The Balaban J connectivity index is 1.66. The monoisotopic (exact) mass is 363 g/mol. The molecule has 6 heteroatoms. The highest BCUT2D eigenvalue weighted by atomic mass is 35.5. The molecule has 2 aromatic rings. The van der Waals surface area contributed by atoms with Crippen LogP contribution in [-0.4, -0.2) is 44.0 Å². The standard InChI is InChI=1S/C18H19Cl2N3O/c1-22-8-10-23(11-9-22)15-5-3-14(4-6-15)21-18(24)16-7-2-13(19)12-17(16)20/h2-7,12H,8-11H2,1H3,(H,21,24). The molecule has 1 saturated heterocycles. The molecule has 24 heavy (non-hydrogen) atoms. The van der Waals surface area contributed by atoms with Gasteiger partial charge >= 0.3 is 0 Å². The van der Waals surface area contributed by atoms with E-state index >= 15 is 0 Å². The Morgan fingerprint density at radius 3 is 2.29 bits per heavy atom. The summed E-state index contributed by atoms with van der Waals surface area (Å²) in [7, 11) is 2.14. The second-order valence-electron chi connectivity index (χ2n) is 5.92.